The Balaban J connectivity index is 2.35. The average molecular weight is 130 g/mol. The maximum atomic E-state index is 8.52. The maximum Gasteiger partial charge on any atom is 0.0461 e. The minimum Gasteiger partial charge on any atom is -0.316 e. The number of rotatable bonds is 1. The van der Waals surface area contributed by atoms with E-state index in [0.29, 0.717) is 6.04 Å². The van der Waals surface area contributed by atoms with Crippen LogP contribution in [0.5, 0.6) is 0 Å². The van der Waals surface area contributed by atoms with Gasteiger partial charge < -0.3 is 10.1 Å². The van der Waals surface area contributed by atoms with Gasteiger partial charge in [0.1, 0.15) is 0 Å². The normalized spacial score (nSPS) is 37.7. The number of hydrogen-bond acceptors (Lipinski definition) is 3. The van der Waals surface area contributed by atoms with Crippen molar-refractivity contribution in [2.24, 2.45) is 0 Å². The van der Waals surface area contributed by atoms with E-state index < -0.39 is 0 Å². The van der Waals surface area contributed by atoms with Gasteiger partial charge in [0, 0.05) is 18.6 Å². The van der Waals surface area contributed by atoms with Crippen molar-refractivity contribution in [3.8, 4) is 0 Å². The Morgan fingerprint density at radius 1 is 1.67 bits per heavy atom. The van der Waals surface area contributed by atoms with Crippen LogP contribution in [0, 0.1) is 0 Å². The van der Waals surface area contributed by atoms with Crippen molar-refractivity contribution in [3.63, 3.8) is 0 Å². The van der Waals surface area contributed by atoms with Gasteiger partial charge in [-0.1, -0.05) is 0 Å². The predicted octanol–water partition coefficient (Wildman–Crippen LogP) is 0.0578. The molecule has 1 saturated heterocycles. The first-order valence-corrected chi connectivity index (χ1v) is 3.34. The standard InChI is InChI=1S/C6H14N2O/c1-5-3-6(7-9)4-8(5)2/h5-7,9H,3-4H2,1-2H3. The second kappa shape index (κ2) is 2.64. The maximum absolute atomic E-state index is 8.52. The second-order valence-electron chi connectivity index (χ2n) is 2.85. The fourth-order valence-corrected chi connectivity index (χ4v) is 1.29. The van der Waals surface area contributed by atoms with E-state index in [-0.39, 0.29) is 6.04 Å². The largest absolute Gasteiger partial charge is 0.316 e. The van der Waals surface area contributed by atoms with Gasteiger partial charge in [-0.05, 0) is 20.4 Å². The van der Waals surface area contributed by atoms with E-state index in [0.717, 1.165) is 13.0 Å². The molecule has 0 aromatic heterocycles. The van der Waals surface area contributed by atoms with Gasteiger partial charge in [-0.15, -0.1) is 0 Å². The molecule has 54 valence electrons. The third kappa shape index (κ3) is 1.41. The van der Waals surface area contributed by atoms with E-state index >= 15 is 0 Å². The molecule has 0 radical (unpaired) electrons. The van der Waals surface area contributed by atoms with Crippen LogP contribution in [0.1, 0.15) is 13.3 Å². The molecule has 3 heteroatoms. The van der Waals surface area contributed by atoms with Crippen LogP contribution in [0.3, 0.4) is 0 Å². The van der Waals surface area contributed by atoms with E-state index in [2.05, 4.69) is 24.4 Å². The van der Waals surface area contributed by atoms with Gasteiger partial charge in [-0.3, -0.25) is 0 Å². The molecule has 0 aromatic carbocycles. The Bertz CT molecular complexity index is 87.1. The summed E-state index contributed by atoms with van der Waals surface area (Å²) in [6, 6.07) is 0.889. The zero-order valence-corrected chi connectivity index (χ0v) is 5.96. The lowest BCUT2D eigenvalue weighted by Gasteiger charge is -2.12. The van der Waals surface area contributed by atoms with Gasteiger partial charge in [0.2, 0.25) is 0 Å². The summed E-state index contributed by atoms with van der Waals surface area (Å²) in [5.74, 6) is 0. The zero-order valence-electron chi connectivity index (χ0n) is 5.96. The highest BCUT2D eigenvalue weighted by molar-refractivity contribution is 4.82. The number of nitrogens with zero attached hydrogens (tertiary/aromatic N) is 1. The molecule has 0 bridgehead atoms. The molecule has 1 aliphatic rings. The summed E-state index contributed by atoms with van der Waals surface area (Å²) >= 11 is 0. The fourth-order valence-electron chi connectivity index (χ4n) is 1.29. The third-order valence-corrected chi connectivity index (χ3v) is 2.07. The Labute approximate surface area is 55.6 Å². The van der Waals surface area contributed by atoms with Crippen molar-refractivity contribution in [2.75, 3.05) is 13.6 Å². The van der Waals surface area contributed by atoms with Crippen molar-refractivity contribution < 1.29 is 5.21 Å². The Morgan fingerprint density at radius 3 is 2.56 bits per heavy atom. The molecular formula is C6H14N2O. The van der Waals surface area contributed by atoms with Gasteiger partial charge >= 0.3 is 0 Å². The molecule has 9 heavy (non-hydrogen) atoms. The number of hydroxylamine groups is 1. The topological polar surface area (TPSA) is 35.5 Å². The van der Waals surface area contributed by atoms with Crippen LogP contribution in [0.15, 0.2) is 0 Å². The summed E-state index contributed by atoms with van der Waals surface area (Å²) in [5.41, 5.74) is 2.28. The van der Waals surface area contributed by atoms with Gasteiger partial charge in [0.25, 0.3) is 0 Å². The molecule has 2 atom stereocenters. The number of hydrogen-bond donors (Lipinski definition) is 2. The molecule has 0 aromatic rings. The fraction of sp³-hybridized carbons (Fsp3) is 1.00. The van der Waals surface area contributed by atoms with E-state index in [4.69, 9.17) is 5.21 Å². The van der Waals surface area contributed by atoms with Crippen LogP contribution in [0.25, 0.3) is 0 Å². The van der Waals surface area contributed by atoms with Crippen LogP contribution in [0.4, 0.5) is 0 Å². The summed E-state index contributed by atoms with van der Waals surface area (Å²) in [4.78, 5) is 2.23. The smallest absolute Gasteiger partial charge is 0.0461 e. The van der Waals surface area contributed by atoms with Crippen molar-refractivity contribution in [1.29, 1.82) is 0 Å². The first kappa shape index (κ1) is 6.99. The van der Waals surface area contributed by atoms with Gasteiger partial charge in [0.15, 0.2) is 0 Å². The van der Waals surface area contributed by atoms with Crippen LogP contribution in [-0.2, 0) is 0 Å². The monoisotopic (exact) mass is 130 g/mol. The summed E-state index contributed by atoms with van der Waals surface area (Å²) in [6.45, 7) is 3.12. The summed E-state index contributed by atoms with van der Waals surface area (Å²) in [7, 11) is 2.07. The van der Waals surface area contributed by atoms with Gasteiger partial charge in [-0.25, -0.2) is 5.48 Å². The minimum atomic E-state index is 0.282. The highest BCUT2D eigenvalue weighted by Gasteiger charge is 2.24. The van der Waals surface area contributed by atoms with Crippen LogP contribution < -0.4 is 5.48 Å². The van der Waals surface area contributed by atoms with E-state index in [1.165, 1.54) is 0 Å². The first-order chi connectivity index (χ1) is 4.24. The average Bonchev–Trinajstić information content (AvgIpc) is 2.13. The summed E-state index contributed by atoms with van der Waals surface area (Å²) < 4.78 is 0. The Kier molecular flexibility index (Phi) is 2.05. The number of nitrogens with one attached hydrogen (secondary N) is 1. The minimum absolute atomic E-state index is 0.282. The Morgan fingerprint density at radius 2 is 2.33 bits per heavy atom. The second-order valence-corrected chi connectivity index (χ2v) is 2.85. The van der Waals surface area contributed by atoms with E-state index in [1.54, 1.807) is 0 Å². The zero-order chi connectivity index (χ0) is 6.85. The molecule has 1 aliphatic heterocycles. The lowest BCUT2D eigenvalue weighted by molar-refractivity contribution is 0.129. The Hall–Kier alpha value is -0.120. The van der Waals surface area contributed by atoms with Gasteiger partial charge in [0.05, 0.1) is 0 Å². The molecular weight excluding hydrogens is 116 g/mol. The molecule has 1 heterocycles. The highest BCUT2D eigenvalue weighted by atomic mass is 16.5. The highest BCUT2D eigenvalue weighted by Crippen LogP contribution is 2.13. The van der Waals surface area contributed by atoms with Crippen LogP contribution >= 0.6 is 0 Å². The summed E-state index contributed by atoms with van der Waals surface area (Å²) in [6.07, 6.45) is 1.05. The lowest BCUT2D eigenvalue weighted by Crippen LogP contribution is -2.28. The van der Waals surface area contributed by atoms with Crippen molar-refractivity contribution in [2.45, 2.75) is 25.4 Å². The third-order valence-electron chi connectivity index (χ3n) is 2.07. The molecule has 0 amide bonds. The molecule has 2 N–H and O–H groups in total. The lowest BCUT2D eigenvalue weighted by atomic mass is 10.2. The van der Waals surface area contributed by atoms with Crippen molar-refractivity contribution >= 4 is 0 Å². The molecule has 1 rings (SSSR count). The van der Waals surface area contributed by atoms with E-state index in [9.17, 15) is 0 Å². The molecule has 0 spiro atoms. The predicted molar refractivity (Wildman–Crippen MR) is 35.4 cm³/mol. The molecule has 1 fully saturated rings. The summed E-state index contributed by atoms with van der Waals surface area (Å²) in [5, 5.41) is 8.52. The van der Waals surface area contributed by atoms with E-state index in [1.807, 2.05) is 0 Å². The quantitative estimate of drug-likeness (QED) is 0.493. The molecule has 2 unspecified atom stereocenters. The molecule has 0 saturated carbocycles. The molecule has 0 aliphatic carbocycles. The van der Waals surface area contributed by atoms with Crippen molar-refractivity contribution in [3.05, 3.63) is 0 Å². The molecule has 3 nitrogen and oxygen atoms in total. The van der Waals surface area contributed by atoms with Gasteiger partial charge in [-0.2, -0.15) is 0 Å². The first-order valence-electron chi connectivity index (χ1n) is 3.34. The SMILES string of the molecule is CC1CC(NO)CN1C. The van der Waals surface area contributed by atoms with Crippen LogP contribution in [0.2, 0.25) is 0 Å². The van der Waals surface area contributed by atoms with Crippen molar-refractivity contribution in [1.82, 2.24) is 10.4 Å². The number of likely N-dealkylation sites (tertiary alicyclic amines) is 1. The number of likely N-dealkylation sites (N-methyl/N-ethyl adjacent to an activating group) is 1. The van der Waals surface area contributed by atoms with Crippen LogP contribution in [-0.4, -0.2) is 35.8 Å².